The van der Waals surface area contributed by atoms with Gasteiger partial charge in [0.2, 0.25) is 11.8 Å². The van der Waals surface area contributed by atoms with Crippen LogP contribution in [0.25, 0.3) is 0 Å². The van der Waals surface area contributed by atoms with Crippen molar-refractivity contribution in [2.24, 2.45) is 5.92 Å². The topological polar surface area (TPSA) is 78.4 Å². The number of benzene rings is 1. The Bertz CT molecular complexity index is 538. The Hall–Kier alpha value is -1.66. The summed E-state index contributed by atoms with van der Waals surface area (Å²) in [6.07, 6.45) is -0.881. The number of hydrogen-bond acceptors (Lipinski definition) is 3. The van der Waals surface area contributed by atoms with E-state index in [-0.39, 0.29) is 29.8 Å². The molecular formula is C13H14ClFN2O3. The largest absolute Gasteiger partial charge is 0.387 e. The van der Waals surface area contributed by atoms with E-state index in [9.17, 15) is 19.1 Å². The van der Waals surface area contributed by atoms with Crippen molar-refractivity contribution in [2.75, 3.05) is 13.1 Å². The fourth-order valence-corrected chi connectivity index (χ4v) is 2.09. The fourth-order valence-electron chi connectivity index (χ4n) is 1.97. The summed E-state index contributed by atoms with van der Waals surface area (Å²) in [5.41, 5.74) is 0.327. The molecule has 1 aromatic rings. The van der Waals surface area contributed by atoms with Gasteiger partial charge in [-0.2, -0.15) is 0 Å². The number of carbonyl (C=O) groups is 2. The number of halogens is 2. The first-order valence-electron chi connectivity index (χ1n) is 6.15. The molecule has 2 rings (SSSR count). The maximum Gasteiger partial charge on any atom is 0.225 e. The van der Waals surface area contributed by atoms with Crippen LogP contribution in [0.2, 0.25) is 5.02 Å². The van der Waals surface area contributed by atoms with Crippen molar-refractivity contribution in [3.8, 4) is 0 Å². The Balaban J connectivity index is 1.88. The molecular weight excluding hydrogens is 287 g/mol. The van der Waals surface area contributed by atoms with E-state index in [2.05, 4.69) is 10.6 Å². The second-order valence-electron chi connectivity index (χ2n) is 4.64. The first-order chi connectivity index (χ1) is 9.47. The van der Waals surface area contributed by atoms with Crippen molar-refractivity contribution in [3.63, 3.8) is 0 Å². The van der Waals surface area contributed by atoms with Gasteiger partial charge in [0.25, 0.3) is 0 Å². The van der Waals surface area contributed by atoms with Gasteiger partial charge >= 0.3 is 0 Å². The van der Waals surface area contributed by atoms with Crippen molar-refractivity contribution >= 4 is 23.4 Å². The van der Waals surface area contributed by atoms with Crippen LogP contribution in [-0.2, 0) is 9.59 Å². The summed E-state index contributed by atoms with van der Waals surface area (Å²) in [7, 11) is 0. The van der Waals surface area contributed by atoms with E-state index >= 15 is 0 Å². The van der Waals surface area contributed by atoms with Crippen LogP contribution in [0.5, 0.6) is 0 Å². The molecule has 0 radical (unpaired) electrons. The number of rotatable bonds is 4. The number of aliphatic hydroxyl groups excluding tert-OH is 1. The van der Waals surface area contributed by atoms with Crippen molar-refractivity contribution in [3.05, 3.63) is 34.6 Å². The molecule has 1 heterocycles. The second-order valence-corrected chi connectivity index (χ2v) is 5.05. The normalized spacial score (nSPS) is 19.6. The van der Waals surface area contributed by atoms with E-state index in [0.29, 0.717) is 12.1 Å². The van der Waals surface area contributed by atoms with E-state index in [1.807, 2.05) is 0 Å². The van der Waals surface area contributed by atoms with Crippen molar-refractivity contribution < 1.29 is 19.1 Å². The summed E-state index contributed by atoms with van der Waals surface area (Å²) < 4.78 is 13.3. The van der Waals surface area contributed by atoms with E-state index in [1.54, 1.807) is 0 Å². The van der Waals surface area contributed by atoms with Crippen LogP contribution in [0.1, 0.15) is 18.1 Å². The smallest absolute Gasteiger partial charge is 0.225 e. The molecule has 2 atom stereocenters. The zero-order chi connectivity index (χ0) is 14.7. The van der Waals surface area contributed by atoms with Gasteiger partial charge in [0.15, 0.2) is 0 Å². The Kier molecular flexibility index (Phi) is 4.57. The van der Waals surface area contributed by atoms with Gasteiger partial charge in [0, 0.05) is 19.5 Å². The van der Waals surface area contributed by atoms with Gasteiger partial charge in [-0.15, -0.1) is 0 Å². The van der Waals surface area contributed by atoms with Crippen LogP contribution < -0.4 is 10.6 Å². The molecule has 1 aliphatic heterocycles. The van der Waals surface area contributed by atoms with Crippen LogP contribution in [0.15, 0.2) is 18.2 Å². The highest BCUT2D eigenvalue weighted by Crippen LogP contribution is 2.20. The van der Waals surface area contributed by atoms with Crippen molar-refractivity contribution in [2.45, 2.75) is 12.5 Å². The lowest BCUT2D eigenvalue weighted by molar-refractivity contribution is -0.126. The van der Waals surface area contributed by atoms with Gasteiger partial charge in [-0.25, -0.2) is 4.39 Å². The van der Waals surface area contributed by atoms with Gasteiger partial charge in [-0.3, -0.25) is 9.59 Å². The minimum absolute atomic E-state index is 0.0273. The second kappa shape index (κ2) is 6.19. The first-order valence-corrected chi connectivity index (χ1v) is 6.52. The molecule has 7 heteroatoms. The molecule has 1 aliphatic rings. The van der Waals surface area contributed by atoms with Gasteiger partial charge < -0.3 is 15.7 Å². The van der Waals surface area contributed by atoms with E-state index in [1.165, 1.54) is 12.1 Å². The maximum atomic E-state index is 13.3. The predicted octanol–water partition coefficient (Wildman–Crippen LogP) is 0.765. The Morgan fingerprint density at radius 3 is 2.95 bits per heavy atom. The van der Waals surface area contributed by atoms with Crippen LogP contribution in [0.4, 0.5) is 4.39 Å². The quantitative estimate of drug-likeness (QED) is 0.768. The molecule has 108 valence electrons. The molecule has 20 heavy (non-hydrogen) atoms. The van der Waals surface area contributed by atoms with Crippen LogP contribution in [0, 0.1) is 11.7 Å². The van der Waals surface area contributed by atoms with E-state index in [0.717, 1.165) is 6.07 Å². The van der Waals surface area contributed by atoms with Gasteiger partial charge in [-0.05, 0) is 17.7 Å². The first kappa shape index (κ1) is 14.7. The Morgan fingerprint density at radius 2 is 2.35 bits per heavy atom. The van der Waals surface area contributed by atoms with Crippen molar-refractivity contribution in [1.82, 2.24) is 10.6 Å². The lowest BCUT2D eigenvalue weighted by Crippen LogP contribution is -2.34. The number of amides is 2. The Labute approximate surface area is 120 Å². The molecule has 2 amide bonds. The average molecular weight is 301 g/mol. The molecule has 0 aliphatic carbocycles. The van der Waals surface area contributed by atoms with Crippen LogP contribution >= 0.6 is 11.6 Å². The zero-order valence-electron chi connectivity index (χ0n) is 10.5. The Morgan fingerprint density at radius 1 is 1.60 bits per heavy atom. The molecule has 1 fully saturated rings. The average Bonchev–Trinajstić information content (AvgIpc) is 2.85. The van der Waals surface area contributed by atoms with Crippen molar-refractivity contribution in [1.29, 1.82) is 0 Å². The number of aliphatic hydroxyl groups is 1. The molecule has 3 N–H and O–H groups in total. The summed E-state index contributed by atoms with van der Waals surface area (Å²) in [6.45, 7) is 0.251. The highest BCUT2D eigenvalue weighted by Gasteiger charge is 2.28. The maximum absolute atomic E-state index is 13.3. The van der Waals surface area contributed by atoms with Crippen LogP contribution in [-0.4, -0.2) is 30.0 Å². The van der Waals surface area contributed by atoms with E-state index in [4.69, 9.17) is 11.6 Å². The molecule has 0 aromatic heterocycles. The minimum atomic E-state index is -1.03. The number of nitrogens with one attached hydrogen (secondary N) is 2. The van der Waals surface area contributed by atoms with Crippen LogP contribution in [0.3, 0.4) is 0 Å². The van der Waals surface area contributed by atoms with Gasteiger partial charge in [0.05, 0.1) is 17.0 Å². The molecule has 1 saturated heterocycles. The summed E-state index contributed by atoms with van der Waals surface area (Å²) >= 11 is 5.55. The third kappa shape index (κ3) is 3.46. The molecule has 5 nitrogen and oxygen atoms in total. The zero-order valence-corrected chi connectivity index (χ0v) is 11.3. The number of hydrogen-bond donors (Lipinski definition) is 3. The standard InChI is InChI=1S/C13H14ClFN2O3/c14-9-2-1-7(3-10(9)15)11(18)6-17-13(20)8-4-12(19)16-5-8/h1-3,8,11,18H,4-6H2,(H,16,19)(H,17,20). The molecule has 0 bridgehead atoms. The number of carbonyl (C=O) groups excluding carboxylic acids is 2. The molecule has 1 aromatic carbocycles. The van der Waals surface area contributed by atoms with E-state index < -0.39 is 17.8 Å². The molecule has 2 unspecified atom stereocenters. The molecule has 0 saturated carbocycles. The summed E-state index contributed by atoms with van der Waals surface area (Å²) in [6, 6.07) is 3.96. The molecule has 0 spiro atoms. The SMILES string of the molecule is O=C1CC(C(=O)NCC(O)c2ccc(Cl)c(F)c2)CN1. The lowest BCUT2D eigenvalue weighted by atomic mass is 10.1. The monoisotopic (exact) mass is 300 g/mol. The van der Waals surface area contributed by atoms with Gasteiger partial charge in [0.1, 0.15) is 5.82 Å². The predicted molar refractivity (Wildman–Crippen MR) is 70.5 cm³/mol. The third-order valence-corrected chi connectivity index (χ3v) is 3.45. The highest BCUT2D eigenvalue weighted by molar-refractivity contribution is 6.30. The minimum Gasteiger partial charge on any atom is -0.387 e. The summed E-state index contributed by atoms with van der Waals surface area (Å²) in [5.74, 6) is -1.51. The third-order valence-electron chi connectivity index (χ3n) is 3.15. The highest BCUT2D eigenvalue weighted by atomic mass is 35.5. The summed E-state index contributed by atoms with van der Waals surface area (Å²) in [5, 5.41) is 14.9. The van der Waals surface area contributed by atoms with Gasteiger partial charge in [-0.1, -0.05) is 17.7 Å². The fraction of sp³-hybridized carbons (Fsp3) is 0.385. The lowest BCUT2D eigenvalue weighted by Gasteiger charge is -2.14. The summed E-state index contributed by atoms with van der Waals surface area (Å²) in [4.78, 5) is 22.7.